The Morgan fingerprint density at radius 1 is 1.19 bits per heavy atom. The average molecular weight is 314 g/mol. The van der Waals surface area contributed by atoms with Gasteiger partial charge in [0, 0.05) is 32.7 Å². The van der Waals surface area contributed by atoms with Gasteiger partial charge in [0.25, 0.3) is 0 Å². The average Bonchev–Trinajstić information content (AvgIpc) is 2.85. The molecule has 2 rings (SSSR count). The quantitative estimate of drug-likeness (QED) is 0.690. The highest BCUT2D eigenvalue weighted by Crippen LogP contribution is 2.15. The summed E-state index contributed by atoms with van der Waals surface area (Å²) in [5.74, 6) is 1.17. The van der Waals surface area contributed by atoms with Gasteiger partial charge in [-0.3, -0.25) is 19.3 Å². The summed E-state index contributed by atoms with van der Waals surface area (Å²) in [4.78, 5) is 40.6. The molecule has 7 nitrogen and oxygen atoms in total. The zero-order chi connectivity index (χ0) is 15.2. The maximum atomic E-state index is 12.2. The fraction of sp³-hybridized carbons (Fsp3) is 0.769. The first-order valence-corrected chi connectivity index (χ1v) is 8.38. The second-order valence-electron chi connectivity index (χ2n) is 5.18. The van der Waals surface area contributed by atoms with Gasteiger partial charge in [-0.25, -0.2) is 0 Å². The van der Waals surface area contributed by atoms with Gasteiger partial charge in [0.1, 0.15) is 6.54 Å². The van der Waals surface area contributed by atoms with Crippen LogP contribution in [0.5, 0.6) is 0 Å². The van der Waals surface area contributed by atoms with Gasteiger partial charge < -0.3 is 15.1 Å². The van der Waals surface area contributed by atoms with Crippen molar-refractivity contribution in [3.63, 3.8) is 0 Å². The molecule has 2 saturated heterocycles. The van der Waals surface area contributed by atoms with Crippen molar-refractivity contribution in [2.75, 3.05) is 57.4 Å². The minimum Gasteiger partial charge on any atom is -0.355 e. The summed E-state index contributed by atoms with van der Waals surface area (Å²) in [6.07, 6.45) is 0. The van der Waals surface area contributed by atoms with E-state index in [0.29, 0.717) is 50.9 Å². The van der Waals surface area contributed by atoms with Crippen LogP contribution in [0, 0.1) is 0 Å². The van der Waals surface area contributed by atoms with Crippen LogP contribution in [0.15, 0.2) is 0 Å². The molecule has 0 aromatic carbocycles. The molecule has 0 aromatic heterocycles. The Labute approximate surface area is 129 Å². The van der Waals surface area contributed by atoms with E-state index in [1.54, 1.807) is 21.6 Å². The molecule has 0 spiro atoms. The van der Waals surface area contributed by atoms with Crippen LogP contribution in [0.1, 0.15) is 6.92 Å². The molecular weight excluding hydrogens is 292 g/mol. The van der Waals surface area contributed by atoms with Gasteiger partial charge in [-0.15, -0.1) is 11.8 Å². The molecule has 0 radical (unpaired) electrons. The van der Waals surface area contributed by atoms with E-state index >= 15 is 0 Å². The standard InChI is InChI=1S/C13H22N4O3S/c1-2-14-11(18)7-15-3-5-16(6-4-15)12(19)8-17-10-21-9-13(17)20/h2-10H2,1H3,(H,14,18). The van der Waals surface area contributed by atoms with Crippen molar-refractivity contribution < 1.29 is 14.4 Å². The van der Waals surface area contributed by atoms with Gasteiger partial charge in [-0.05, 0) is 6.92 Å². The lowest BCUT2D eigenvalue weighted by Gasteiger charge is -2.35. The highest BCUT2D eigenvalue weighted by molar-refractivity contribution is 8.00. The van der Waals surface area contributed by atoms with E-state index < -0.39 is 0 Å². The Balaban J connectivity index is 1.71. The highest BCUT2D eigenvalue weighted by Gasteiger charge is 2.27. The van der Waals surface area contributed by atoms with Gasteiger partial charge in [-0.1, -0.05) is 0 Å². The first kappa shape index (κ1) is 16.1. The predicted octanol–water partition coefficient (Wildman–Crippen LogP) is -1.20. The molecule has 2 aliphatic heterocycles. The fourth-order valence-corrected chi connectivity index (χ4v) is 3.32. The fourth-order valence-electron chi connectivity index (χ4n) is 2.42. The summed E-state index contributed by atoms with van der Waals surface area (Å²) in [5.41, 5.74) is 0. The van der Waals surface area contributed by atoms with Crippen molar-refractivity contribution in [2.24, 2.45) is 0 Å². The molecule has 2 heterocycles. The highest BCUT2D eigenvalue weighted by atomic mass is 32.2. The molecule has 8 heteroatoms. The van der Waals surface area contributed by atoms with Gasteiger partial charge >= 0.3 is 0 Å². The molecule has 0 atom stereocenters. The third-order valence-electron chi connectivity index (χ3n) is 3.62. The van der Waals surface area contributed by atoms with Crippen LogP contribution in [0.4, 0.5) is 0 Å². The lowest BCUT2D eigenvalue weighted by molar-refractivity contribution is -0.139. The molecule has 2 aliphatic rings. The van der Waals surface area contributed by atoms with Gasteiger partial charge in [-0.2, -0.15) is 0 Å². The molecule has 0 aliphatic carbocycles. The number of carbonyl (C=O) groups is 3. The minimum atomic E-state index is 0.00325. The van der Waals surface area contributed by atoms with Crippen LogP contribution >= 0.6 is 11.8 Å². The molecule has 1 N–H and O–H groups in total. The summed E-state index contributed by atoms with van der Waals surface area (Å²) in [5, 5.41) is 2.77. The summed E-state index contributed by atoms with van der Waals surface area (Å²) in [7, 11) is 0. The molecule has 0 unspecified atom stereocenters. The first-order chi connectivity index (χ1) is 10.1. The van der Waals surface area contributed by atoms with Crippen LogP contribution in [-0.2, 0) is 14.4 Å². The second-order valence-corrected chi connectivity index (χ2v) is 6.13. The zero-order valence-electron chi connectivity index (χ0n) is 12.3. The van der Waals surface area contributed by atoms with Crippen LogP contribution < -0.4 is 5.32 Å². The van der Waals surface area contributed by atoms with Crippen LogP contribution in [0.3, 0.4) is 0 Å². The number of piperazine rings is 1. The van der Waals surface area contributed by atoms with Gasteiger partial charge in [0.2, 0.25) is 17.7 Å². The number of nitrogens with zero attached hydrogens (tertiary/aromatic N) is 3. The largest absolute Gasteiger partial charge is 0.355 e. The Morgan fingerprint density at radius 2 is 1.90 bits per heavy atom. The van der Waals surface area contributed by atoms with E-state index in [9.17, 15) is 14.4 Å². The molecule has 0 saturated carbocycles. The molecule has 2 fully saturated rings. The number of hydrogen-bond acceptors (Lipinski definition) is 5. The van der Waals surface area contributed by atoms with E-state index in [1.165, 1.54) is 0 Å². The molecule has 0 bridgehead atoms. The minimum absolute atomic E-state index is 0.00325. The molecule has 118 valence electrons. The van der Waals surface area contributed by atoms with E-state index in [0.717, 1.165) is 0 Å². The summed E-state index contributed by atoms with van der Waals surface area (Å²) in [6.45, 7) is 5.74. The molecular formula is C13H22N4O3S. The van der Waals surface area contributed by atoms with Gasteiger partial charge in [0.05, 0.1) is 18.2 Å². The van der Waals surface area contributed by atoms with E-state index in [2.05, 4.69) is 5.32 Å². The van der Waals surface area contributed by atoms with Crippen LogP contribution in [0.25, 0.3) is 0 Å². The number of thioether (sulfide) groups is 1. The second kappa shape index (κ2) is 7.65. The zero-order valence-corrected chi connectivity index (χ0v) is 13.2. The van der Waals surface area contributed by atoms with Crippen molar-refractivity contribution in [2.45, 2.75) is 6.92 Å². The predicted molar refractivity (Wildman–Crippen MR) is 80.7 cm³/mol. The third kappa shape index (κ3) is 4.60. The maximum absolute atomic E-state index is 12.2. The summed E-state index contributed by atoms with van der Waals surface area (Å²) in [6, 6.07) is 0. The molecule has 0 aromatic rings. The third-order valence-corrected chi connectivity index (χ3v) is 4.56. The summed E-state index contributed by atoms with van der Waals surface area (Å²) < 4.78 is 0. The van der Waals surface area contributed by atoms with E-state index in [1.807, 2.05) is 11.8 Å². The monoisotopic (exact) mass is 314 g/mol. The SMILES string of the molecule is CCNC(=O)CN1CCN(C(=O)CN2CSCC2=O)CC1. The number of rotatable bonds is 5. The Hall–Kier alpha value is -1.28. The van der Waals surface area contributed by atoms with Crippen molar-refractivity contribution in [1.82, 2.24) is 20.0 Å². The number of carbonyl (C=O) groups excluding carboxylic acids is 3. The molecule has 21 heavy (non-hydrogen) atoms. The van der Waals surface area contributed by atoms with Crippen molar-refractivity contribution in [3.05, 3.63) is 0 Å². The summed E-state index contributed by atoms with van der Waals surface area (Å²) >= 11 is 1.54. The Kier molecular flexibility index (Phi) is 5.86. The maximum Gasteiger partial charge on any atom is 0.242 e. The number of nitrogens with one attached hydrogen (secondary N) is 1. The number of likely N-dealkylation sites (N-methyl/N-ethyl adjacent to an activating group) is 1. The topological polar surface area (TPSA) is 73.0 Å². The number of hydrogen-bond donors (Lipinski definition) is 1. The normalized spacial score (nSPS) is 20.0. The molecule has 3 amide bonds. The van der Waals surface area contributed by atoms with Crippen molar-refractivity contribution in [3.8, 4) is 0 Å². The van der Waals surface area contributed by atoms with E-state index in [-0.39, 0.29) is 24.3 Å². The van der Waals surface area contributed by atoms with Crippen molar-refractivity contribution in [1.29, 1.82) is 0 Å². The Bertz CT molecular complexity index is 410. The Morgan fingerprint density at radius 3 is 2.48 bits per heavy atom. The van der Waals surface area contributed by atoms with Crippen LogP contribution in [-0.4, -0.2) is 89.9 Å². The lowest BCUT2D eigenvalue weighted by Crippen LogP contribution is -2.53. The van der Waals surface area contributed by atoms with Crippen LogP contribution in [0.2, 0.25) is 0 Å². The lowest BCUT2D eigenvalue weighted by atomic mass is 10.3. The number of amides is 3. The van der Waals surface area contributed by atoms with Crippen molar-refractivity contribution >= 4 is 29.5 Å². The smallest absolute Gasteiger partial charge is 0.242 e. The van der Waals surface area contributed by atoms with Gasteiger partial charge in [0.15, 0.2) is 0 Å². The van der Waals surface area contributed by atoms with E-state index in [4.69, 9.17) is 0 Å². The first-order valence-electron chi connectivity index (χ1n) is 7.22.